The van der Waals surface area contributed by atoms with Gasteiger partial charge in [0.2, 0.25) is 23.6 Å². The van der Waals surface area contributed by atoms with Crippen molar-refractivity contribution in [1.82, 2.24) is 20.4 Å². The lowest BCUT2D eigenvalue weighted by Gasteiger charge is -2.39. The molecule has 0 bridgehead atoms. The fourth-order valence-corrected chi connectivity index (χ4v) is 9.91. The van der Waals surface area contributed by atoms with Crippen LogP contribution in [0.1, 0.15) is 89.9 Å². The van der Waals surface area contributed by atoms with Crippen LogP contribution in [0.5, 0.6) is 0 Å². The molecule has 20 N–H and O–H groups in total. The van der Waals surface area contributed by atoms with Gasteiger partial charge in [-0.2, -0.15) is 0 Å². The number of rotatable bonds is 40. The smallest absolute Gasteiger partial charge is 0.236 e. The highest BCUT2D eigenvalue weighted by molar-refractivity contribution is 5.83. The molecule has 0 aromatic heterocycles. The van der Waals surface area contributed by atoms with Crippen LogP contribution in [0.15, 0.2) is 0 Å². The predicted molar refractivity (Wildman–Crippen MR) is 291 cm³/mol. The first kappa shape index (κ1) is 75.3. The molecule has 21 atom stereocenters. The zero-order valence-corrected chi connectivity index (χ0v) is 48.4. The lowest BCUT2D eigenvalue weighted by molar-refractivity contribution is -0.301. The highest BCUT2D eigenvalue weighted by atomic mass is 16.7. The summed E-state index contributed by atoms with van der Waals surface area (Å²) < 4.78 is 43.8. The number of ether oxygens (including phenoxy) is 8. The van der Waals surface area contributed by atoms with E-state index < -0.39 is 161 Å². The second kappa shape index (κ2) is 39.9. The highest BCUT2D eigenvalue weighted by Gasteiger charge is 2.47. The van der Waals surface area contributed by atoms with E-state index in [9.17, 15) is 101 Å². The summed E-state index contributed by atoms with van der Waals surface area (Å²) in [5.74, 6) is -1.25. The van der Waals surface area contributed by atoms with Gasteiger partial charge in [0.25, 0.3) is 0 Å². The molecular formula is C53H97N5O28. The standard InChI is InChI=1S/C53H97N5O28/c54-29(49(78)56-16-6-2-4-12-36(65)58(19-9-23-81-52-47(76)43(72)39(68)32(27-61)85-52)20-10-24-82-53-48(77)44(73)40(69)33(28-62)86-53)13-14-34(63)55-15-5-1-3-11-35(64)57(17-7-21-79-50-45(74)41(70)37(66)30(25-59)83-50)18-8-22-80-51-46(75)42(71)38(67)31(26-60)84-51/h29-33,37-48,50-53,59-62,66-77H,1-28,54H2,(H,55,63)(H,56,78)/t29-,30+,31?,32+,33+,37+,38?,39+,40+,41-,42?,43-,44-,45-,46?,47-,48-,50-,51?,52-,53-/m0/s1. The van der Waals surface area contributed by atoms with Gasteiger partial charge >= 0.3 is 0 Å². The maximum absolute atomic E-state index is 13.4. The Morgan fingerprint density at radius 2 is 0.674 bits per heavy atom. The molecule has 4 heterocycles. The molecule has 0 spiro atoms. The molecule has 4 saturated heterocycles. The van der Waals surface area contributed by atoms with Gasteiger partial charge in [-0.15, -0.1) is 0 Å². The van der Waals surface area contributed by atoms with Crippen molar-refractivity contribution in [3.63, 3.8) is 0 Å². The van der Waals surface area contributed by atoms with E-state index in [-0.39, 0.29) is 128 Å². The molecule has 4 aliphatic rings. The van der Waals surface area contributed by atoms with E-state index >= 15 is 0 Å². The van der Waals surface area contributed by atoms with Gasteiger partial charge < -0.3 is 146 Å². The van der Waals surface area contributed by atoms with Gasteiger partial charge in [-0.05, 0) is 57.8 Å². The van der Waals surface area contributed by atoms with Crippen molar-refractivity contribution in [3.8, 4) is 0 Å². The number of amides is 4. The van der Waals surface area contributed by atoms with Crippen molar-refractivity contribution in [3.05, 3.63) is 0 Å². The molecule has 4 amide bonds. The second-order valence-corrected chi connectivity index (χ2v) is 21.9. The van der Waals surface area contributed by atoms with Crippen LogP contribution in [0.4, 0.5) is 0 Å². The third kappa shape index (κ3) is 23.6. The molecule has 0 saturated carbocycles. The molecular weight excluding hydrogens is 1150 g/mol. The van der Waals surface area contributed by atoms with Crippen LogP contribution >= 0.6 is 0 Å². The van der Waals surface area contributed by atoms with Gasteiger partial charge in [0.1, 0.15) is 97.7 Å². The summed E-state index contributed by atoms with van der Waals surface area (Å²) in [6, 6.07) is -0.974. The van der Waals surface area contributed by atoms with Crippen molar-refractivity contribution in [2.45, 2.75) is 219 Å². The van der Waals surface area contributed by atoms with Crippen LogP contribution in [0.25, 0.3) is 0 Å². The van der Waals surface area contributed by atoms with Gasteiger partial charge in [-0.3, -0.25) is 19.2 Å². The number of unbranched alkanes of at least 4 members (excludes halogenated alkanes) is 4. The average Bonchev–Trinajstić information content (AvgIpc) is 2.29. The first-order valence-electron chi connectivity index (χ1n) is 29.6. The zero-order valence-electron chi connectivity index (χ0n) is 48.4. The van der Waals surface area contributed by atoms with Crippen molar-refractivity contribution in [2.24, 2.45) is 5.73 Å². The van der Waals surface area contributed by atoms with Crippen LogP contribution in [-0.4, -0.2) is 336 Å². The Morgan fingerprint density at radius 1 is 0.384 bits per heavy atom. The lowest BCUT2D eigenvalue weighted by Crippen LogP contribution is -2.59. The number of hydrogen-bond acceptors (Lipinski definition) is 29. The van der Waals surface area contributed by atoms with Gasteiger partial charge in [0.05, 0.1) is 58.9 Å². The molecule has 4 fully saturated rings. The molecule has 33 nitrogen and oxygen atoms in total. The van der Waals surface area contributed by atoms with Crippen molar-refractivity contribution < 1.29 is 139 Å². The van der Waals surface area contributed by atoms with Crippen LogP contribution in [-0.2, 0) is 57.1 Å². The minimum absolute atomic E-state index is 0.0272. The summed E-state index contributed by atoms with van der Waals surface area (Å²) in [6.07, 6.45) is -25.0. The van der Waals surface area contributed by atoms with Crippen LogP contribution in [0.2, 0.25) is 0 Å². The Labute approximate surface area is 498 Å². The molecule has 4 rings (SSSR count). The van der Waals surface area contributed by atoms with E-state index in [0.717, 1.165) is 0 Å². The summed E-state index contributed by atoms with van der Waals surface area (Å²) in [4.78, 5) is 55.3. The van der Waals surface area contributed by atoms with Gasteiger partial charge in [0, 0.05) is 58.5 Å². The van der Waals surface area contributed by atoms with E-state index in [1.807, 2.05) is 0 Å². The maximum Gasteiger partial charge on any atom is 0.236 e. The fraction of sp³-hybridized carbons (Fsp3) is 0.925. The number of nitrogens with two attached hydrogens (primary N) is 1. The second-order valence-electron chi connectivity index (χ2n) is 21.9. The number of hydrogen-bond donors (Lipinski definition) is 19. The molecule has 0 aromatic rings. The summed E-state index contributed by atoms with van der Waals surface area (Å²) in [5.41, 5.74) is 6.07. The Balaban J connectivity index is 1.12. The third-order valence-corrected chi connectivity index (χ3v) is 15.3. The number of nitrogens with zero attached hydrogens (tertiary/aromatic N) is 2. The Hall–Kier alpha value is -3.12. The summed E-state index contributed by atoms with van der Waals surface area (Å²) in [5, 5.41) is 165. The predicted octanol–water partition coefficient (Wildman–Crippen LogP) is -9.07. The molecule has 502 valence electrons. The monoisotopic (exact) mass is 1250 g/mol. The van der Waals surface area contributed by atoms with E-state index in [1.165, 1.54) is 4.90 Å². The molecule has 86 heavy (non-hydrogen) atoms. The normalized spacial score (nSPS) is 33.5. The number of aliphatic hydroxyl groups is 16. The molecule has 0 radical (unpaired) electrons. The number of carbonyl (C=O) groups excluding carboxylic acids is 4. The topological polar surface area (TPSA) is 522 Å². The molecule has 0 aromatic carbocycles. The quantitative estimate of drug-likeness (QED) is 0.0253. The van der Waals surface area contributed by atoms with Gasteiger partial charge in [-0.1, -0.05) is 12.8 Å². The van der Waals surface area contributed by atoms with E-state index in [2.05, 4.69) is 10.6 Å². The average molecular weight is 1250 g/mol. The van der Waals surface area contributed by atoms with Gasteiger partial charge in [0.15, 0.2) is 25.2 Å². The van der Waals surface area contributed by atoms with Crippen molar-refractivity contribution in [2.75, 3.05) is 92.1 Å². The molecule has 5 unspecified atom stereocenters. The minimum Gasteiger partial charge on any atom is -0.394 e. The van der Waals surface area contributed by atoms with Crippen molar-refractivity contribution in [1.29, 1.82) is 0 Å². The molecule has 4 aliphatic heterocycles. The fourth-order valence-electron chi connectivity index (χ4n) is 9.91. The number of aliphatic hydroxyl groups excluding tert-OH is 16. The Bertz CT molecular complexity index is 1830. The SMILES string of the molecule is N[C@@H](CCC(=O)NCCCCCC(=O)N(CCCOC1OC(CO)C(O)C(O)C1O)CCCO[C@H]1O[C@H](CO)[C@@H](O)[C@H](O)[C@@H]1O)C(=O)NCCCCCC(=O)N(CCCO[C@H]1O[C@H](CO)[C@@H](O)[C@H](O)[C@@H]1O)CCCO[C@H]1O[C@H](CO)[C@@H](O)[C@H](O)[C@@H]1O. The maximum atomic E-state index is 13.4. The summed E-state index contributed by atoms with van der Waals surface area (Å²) in [6.45, 7) is -1.55. The van der Waals surface area contributed by atoms with E-state index in [1.54, 1.807) is 4.90 Å². The first-order chi connectivity index (χ1) is 41.1. The summed E-state index contributed by atoms with van der Waals surface area (Å²) >= 11 is 0. The van der Waals surface area contributed by atoms with Crippen LogP contribution in [0, 0.1) is 0 Å². The number of nitrogens with one attached hydrogen (secondary N) is 2. The van der Waals surface area contributed by atoms with E-state index in [0.29, 0.717) is 45.1 Å². The van der Waals surface area contributed by atoms with E-state index in [4.69, 9.17) is 43.6 Å². The molecule has 33 heteroatoms. The van der Waals surface area contributed by atoms with Crippen molar-refractivity contribution >= 4 is 23.6 Å². The first-order valence-corrected chi connectivity index (χ1v) is 29.6. The largest absolute Gasteiger partial charge is 0.394 e. The van der Waals surface area contributed by atoms with Crippen LogP contribution in [0.3, 0.4) is 0 Å². The lowest BCUT2D eigenvalue weighted by atomic mass is 9.99. The minimum atomic E-state index is -1.63. The third-order valence-electron chi connectivity index (χ3n) is 15.3. The number of carbonyl (C=O) groups is 4. The zero-order chi connectivity index (χ0) is 63.5. The Morgan fingerprint density at radius 3 is 0.965 bits per heavy atom. The van der Waals surface area contributed by atoms with Crippen LogP contribution < -0.4 is 16.4 Å². The highest BCUT2D eigenvalue weighted by Crippen LogP contribution is 2.26. The molecule has 0 aliphatic carbocycles. The van der Waals surface area contributed by atoms with Gasteiger partial charge in [-0.25, -0.2) is 0 Å². The Kier molecular flexibility index (Phi) is 34.9. The summed E-state index contributed by atoms with van der Waals surface area (Å²) in [7, 11) is 0.